The number of nitrogens with one attached hydrogen (secondary N) is 3. The number of ether oxygens (including phenoxy) is 2. The Hall–Kier alpha value is -3.22. The molecule has 31 heavy (non-hydrogen) atoms. The van der Waals surface area contributed by atoms with E-state index in [2.05, 4.69) is 16.0 Å². The second-order valence-corrected chi connectivity index (χ2v) is 6.68. The van der Waals surface area contributed by atoms with Crippen LogP contribution >= 0.6 is 0 Å². The molecule has 1 fully saturated rings. The van der Waals surface area contributed by atoms with Gasteiger partial charge in [-0.3, -0.25) is 9.59 Å². The molecule has 0 radical (unpaired) electrons. The first-order valence-corrected chi connectivity index (χ1v) is 9.51. The first-order valence-electron chi connectivity index (χ1n) is 9.51. The zero-order valence-electron chi connectivity index (χ0n) is 16.7. The van der Waals surface area contributed by atoms with Gasteiger partial charge in [0.2, 0.25) is 0 Å². The molecule has 6 N–H and O–H groups in total. The molecular weight excluding hydrogens is 414 g/mol. The third-order valence-electron chi connectivity index (χ3n) is 4.59. The quantitative estimate of drug-likeness (QED) is 0.282. The van der Waals surface area contributed by atoms with Crippen LogP contribution in [0.1, 0.15) is 27.6 Å². The Morgan fingerprint density at radius 1 is 1.10 bits per heavy atom. The summed E-state index contributed by atoms with van der Waals surface area (Å²) in [6.45, 7) is 0.914. The van der Waals surface area contributed by atoms with Crippen molar-refractivity contribution in [2.75, 3.05) is 26.4 Å². The summed E-state index contributed by atoms with van der Waals surface area (Å²) in [6.07, 6.45) is -1.60. The molecular formula is C19H25N3O9. The summed E-state index contributed by atoms with van der Waals surface area (Å²) in [5.74, 6) is -2.89. The topological polar surface area (TPSA) is 184 Å². The van der Waals surface area contributed by atoms with E-state index in [0.29, 0.717) is 0 Å². The Labute approximate surface area is 177 Å². The molecule has 12 nitrogen and oxygen atoms in total. The van der Waals surface area contributed by atoms with E-state index in [1.54, 1.807) is 6.92 Å². The molecule has 1 saturated heterocycles. The Morgan fingerprint density at radius 2 is 1.74 bits per heavy atom. The van der Waals surface area contributed by atoms with E-state index >= 15 is 0 Å². The lowest BCUT2D eigenvalue weighted by atomic mass is 9.94. The number of carbonyl (C=O) groups excluding carboxylic acids is 2. The van der Waals surface area contributed by atoms with Crippen LogP contribution in [0.2, 0.25) is 0 Å². The lowest BCUT2D eigenvalue weighted by Crippen LogP contribution is -2.66. The van der Waals surface area contributed by atoms with E-state index in [9.17, 15) is 24.3 Å². The number of carboxylic acids is 2. The van der Waals surface area contributed by atoms with Crippen molar-refractivity contribution in [3.8, 4) is 0 Å². The minimum Gasteiger partial charge on any atom is -0.480 e. The molecule has 2 rings (SSSR count). The molecule has 0 aromatic heterocycles. The fraction of sp³-hybridized carbons (Fsp3) is 0.474. The molecule has 1 heterocycles. The second kappa shape index (κ2) is 11.2. The van der Waals surface area contributed by atoms with Gasteiger partial charge in [0.15, 0.2) is 0 Å². The van der Waals surface area contributed by atoms with Crippen molar-refractivity contribution in [1.82, 2.24) is 16.0 Å². The van der Waals surface area contributed by atoms with Gasteiger partial charge in [-0.05, 0) is 31.2 Å². The van der Waals surface area contributed by atoms with Crippen molar-refractivity contribution < 1.29 is 44.0 Å². The number of carbonyl (C=O) groups is 4. The smallest absolute Gasteiger partial charge is 0.335 e. The van der Waals surface area contributed by atoms with Gasteiger partial charge >= 0.3 is 18.0 Å². The average Bonchev–Trinajstić information content (AvgIpc) is 2.74. The van der Waals surface area contributed by atoms with Gasteiger partial charge in [0.1, 0.15) is 18.8 Å². The predicted octanol–water partition coefficient (Wildman–Crippen LogP) is -0.968. The highest BCUT2D eigenvalue weighted by Crippen LogP contribution is 2.20. The lowest BCUT2D eigenvalue weighted by molar-refractivity contribution is -0.135. The molecule has 1 aromatic rings. The highest BCUT2D eigenvalue weighted by Gasteiger charge is 2.42. The van der Waals surface area contributed by atoms with E-state index in [0.717, 1.165) is 0 Å². The van der Waals surface area contributed by atoms with Gasteiger partial charge in [-0.2, -0.15) is 0 Å². The second-order valence-electron chi connectivity index (χ2n) is 6.68. The Balaban J connectivity index is 2.15. The molecule has 0 saturated carbocycles. The van der Waals surface area contributed by atoms with Crippen LogP contribution in [0.5, 0.6) is 0 Å². The molecule has 1 aromatic carbocycles. The van der Waals surface area contributed by atoms with Crippen molar-refractivity contribution in [1.29, 1.82) is 0 Å². The van der Waals surface area contributed by atoms with Crippen LogP contribution < -0.4 is 16.0 Å². The van der Waals surface area contributed by atoms with Gasteiger partial charge in [0.05, 0.1) is 30.9 Å². The van der Waals surface area contributed by atoms with Gasteiger partial charge in [0.25, 0.3) is 5.91 Å². The number of aliphatic hydroxyl groups excluding tert-OH is 1. The molecule has 1 aliphatic heterocycles. The molecule has 2 unspecified atom stereocenters. The highest BCUT2D eigenvalue weighted by molar-refractivity contribution is 5.96. The number of hydrogen-bond acceptors (Lipinski definition) is 7. The zero-order valence-corrected chi connectivity index (χ0v) is 16.7. The Morgan fingerprint density at radius 3 is 2.29 bits per heavy atom. The molecule has 3 amide bonds. The fourth-order valence-corrected chi connectivity index (χ4v) is 3.14. The van der Waals surface area contributed by atoms with E-state index in [1.165, 1.54) is 24.3 Å². The average molecular weight is 439 g/mol. The number of aromatic carboxylic acids is 1. The molecule has 0 aliphatic carbocycles. The standard InChI is InChI=1S/C19H25N3O9/c1-2-30-16-12(21-19(29)20-7-14(24)25)9-31-13(8-23)15(16)22-17(26)10-3-5-11(6-4-10)18(27)28/h3-6,12-13,15-16,23H,2,7-9H2,1H3,(H,22,26)(H,24,25)(H,27,28)(H2,20,21,29)/t12?,13?,15-,16+/m0/s1. The number of aliphatic carboxylic acids is 1. The summed E-state index contributed by atoms with van der Waals surface area (Å²) < 4.78 is 11.3. The molecule has 0 bridgehead atoms. The zero-order chi connectivity index (χ0) is 23.0. The predicted molar refractivity (Wildman–Crippen MR) is 105 cm³/mol. The molecule has 12 heteroatoms. The molecule has 1 aliphatic rings. The van der Waals surface area contributed by atoms with Crippen molar-refractivity contribution >= 4 is 23.9 Å². The summed E-state index contributed by atoms with van der Waals surface area (Å²) in [5, 5.41) is 34.8. The molecule has 4 atom stereocenters. The van der Waals surface area contributed by atoms with Crippen molar-refractivity contribution in [2.45, 2.75) is 31.2 Å². The number of carboxylic acid groups (broad SMARTS) is 2. The van der Waals surface area contributed by atoms with Gasteiger partial charge in [0, 0.05) is 12.2 Å². The first-order chi connectivity index (χ1) is 14.8. The largest absolute Gasteiger partial charge is 0.480 e. The summed E-state index contributed by atoms with van der Waals surface area (Å²) in [4.78, 5) is 46.2. The van der Waals surface area contributed by atoms with Gasteiger partial charge < -0.3 is 40.7 Å². The fourth-order valence-electron chi connectivity index (χ4n) is 3.14. The number of urea groups is 1. The van der Waals surface area contributed by atoms with Crippen LogP contribution in [0.15, 0.2) is 24.3 Å². The number of amides is 3. The molecule has 170 valence electrons. The highest BCUT2D eigenvalue weighted by atomic mass is 16.5. The SMILES string of the molecule is CCO[C@@H]1C(NC(=O)NCC(=O)O)COC(CO)[C@@H]1NC(=O)c1ccc(C(=O)O)cc1. The monoisotopic (exact) mass is 439 g/mol. The number of rotatable bonds is 9. The van der Waals surface area contributed by atoms with Crippen LogP contribution in [0.25, 0.3) is 0 Å². The van der Waals surface area contributed by atoms with E-state index in [1.807, 2.05) is 0 Å². The van der Waals surface area contributed by atoms with Crippen LogP contribution in [0, 0.1) is 0 Å². The number of benzene rings is 1. The minimum absolute atomic E-state index is 0.0228. The summed E-state index contributed by atoms with van der Waals surface area (Å²) >= 11 is 0. The van der Waals surface area contributed by atoms with Crippen molar-refractivity contribution in [3.05, 3.63) is 35.4 Å². The Bertz CT molecular complexity index is 799. The van der Waals surface area contributed by atoms with Crippen LogP contribution in [0.4, 0.5) is 4.79 Å². The van der Waals surface area contributed by atoms with Gasteiger partial charge in [-0.25, -0.2) is 9.59 Å². The van der Waals surface area contributed by atoms with Gasteiger partial charge in [-0.1, -0.05) is 0 Å². The van der Waals surface area contributed by atoms with E-state index in [4.69, 9.17) is 19.7 Å². The van der Waals surface area contributed by atoms with Gasteiger partial charge in [-0.15, -0.1) is 0 Å². The molecule has 0 spiro atoms. The lowest BCUT2D eigenvalue weighted by Gasteiger charge is -2.42. The normalized spacial score (nSPS) is 22.9. The Kier molecular flexibility index (Phi) is 8.73. The van der Waals surface area contributed by atoms with Crippen LogP contribution in [-0.4, -0.2) is 89.9 Å². The van der Waals surface area contributed by atoms with Crippen LogP contribution in [0.3, 0.4) is 0 Å². The number of hydrogen-bond donors (Lipinski definition) is 6. The minimum atomic E-state index is -1.21. The summed E-state index contributed by atoms with van der Waals surface area (Å²) in [7, 11) is 0. The van der Waals surface area contributed by atoms with Crippen molar-refractivity contribution in [2.24, 2.45) is 0 Å². The third kappa shape index (κ3) is 6.64. The van der Waals surface area contributed by atoms with Crippen molar-refractivity contribution in [3.63, 3.8) is 0 Å². The third-order valence-corrected chi connectivity index (χ3v) is 4.59. The maximum absolute atomic E-state index is 12.7. The van der Waals surface area contributed by atoms with Crippen LogP contribution in [-0.2, 0) is 14.3 Å². The van der Waals surface area contributed by atoms with E-state index in [-0.39, 0.29) is 24.3 Å². The maximum atomic E-state index is 12.7. The summed E-state index contributed by atoms with van der Waals surface area (Å²) in [5.41, 5.74) is 0.209. The van der Waals surface area contributed by atoms with E-state index < -0.39 is 61.3 Å². The first kappa shape index (κ1) is 24.1. The maximum Gasteiger partial charge on any atom is 0.335 e. The summed E-state index contributed by atoms with van der Waals surface area (Å²) in [6, 6.07) is 2.93. The number of aliphatic hydroxyl groups is 1.